The summed E-state index contributed by atoms with van der Waals surface area (Å²) >= 11 is -1.50. The zero-order chi connectivity index (χ0) is 29.2. The normalized spacial score (nSPS) is 13.8. The van der Waals surface area contributed by atoms with E-state index in [0.717, 1.165) is 16.5 Å². The van der Waals surface area contributed by atoms with E-state index >= 15 is 4.39 Å². The second kappa shape index (κ2) is 11.8. The molecule has 0 bridgehead atoms. The minimum atomic E-state index is -2.21. The molecule has 0 saturated carbocycles. The number of ether oxygens (including phenoxy) is 1. The molecule has 1 N–H and O–H groups in total. The molecular formula is C30H36FN3O4SSi. The van der Waals surface area contributed by atoms with Crippen molar-refractivity contribution in [2.45, 2.75) is 64.5 Å². The molecule has 0 radical (unpaired) electrons. The number of aromatic nitrogens is 2. The van der Waals surface area contributed by atoms with Gasteiger partial charge in [0.25, 0.3) is 0 Å². The summed E-state index contributed by atoms with van der Waals surface area (Å²) in [6.07, 6.45) is 0.0468. The molecule has 2 heterocycles. The lowest BCUT2D eigenvalue weighted by Gasteiger charge is -2.29. The molecule has 2 unspecified atom stereocenters. The van der Waals surface area contributed by atoms with Crippen LogP contribution in [0.3, 0.4) is 0 Å². The van der Waals surface area contributed by atoms with E-state index in [1.807, 2.05) is 88.9 Å². The smallest absolute Gasteiger partial charge is 0.356 e. The van der Waals surface area contributed by atoms with Crippen molar-refractivity contribution in [2.75, 3.05) is 6.61 Å². The molecule has 0 amide bonds. The van der Waals surface area contributed by atoms with E-state index in [4.69, 9.17) is 9.26 Å². The van der Waals surface area contributed by atoms with Crippen LogP contribution >= 0.6 is 0 Å². The number of nitrogens with one attached hydrogen (secondary N) is 1. The van der Waals surface area contributed by atoms with E-state index < -0.39 is 42.0 Å². The summed E-state index contributed by atoms with van der Waals surface area (Å²) < 4.78 is 43.0. The molecule has 2 aromatic heterocycles. The minimum Gasteiger partial charge on any atom is -0.598 e. The van der Waals surface area contributed by atoms with Crippen LogP contribution in [0.25, 0.3) is 22.2 Å². The third kappa shape index (κ3) is 6.46. The van der Waals surface area contributed by atoms with Crippen LogP contribution in [0.1, 0.15) is 55.5 Å². The summed E-state index contributed by atoms with van der Waals surface area (Å²) in [7, 11) is -2.21. The van der Waals surface area contributed by atoms with E-state index in [1.165, 1.54) is 6.07 Å². The predicted octanol–water partition coefficient (Wildman–Crippen LogP) is 6.09. The van der Waals surface area contributed by atoms with Gasteiger partial charge < -0.3 is 13.8 Å². The van der Waals surface area contributed by atoms with Crippen LogP contribution in [-0.2, 0) is 22.5 Å². The molecule has 40 heavy (non-hydrogen) atoms. The average Bonchev–Trinajstić information content (AvgIpc) is 3.32. The number of nitrogens with zero attached hydrogens (tertiary/aromatic N) is 2. The van der Waals surface area contributed by atoms with Crippen molar-refractivity contribution in [1.82, 2.24) is 14.9 Å². The first-order valence-electron chi connectivity index (χ1n) is 13.3. The Labute approximate surface area is 238 Å². The molecule has 0 spiro atoms. The van der Waals surface area contributed by atoms with E-state index in [1.54, 1.807) is 6.92 Å². The van der Waals surface area contributed by atoms with Crippen LogP contribution in [0.15, 0.2) is 59.1 Å². The monoisotopic (exact) mass is 581 g/mol. The highest BCUT2D eigenvalue weighted by atomic mass is 32.2. The highest BCUT2D eigenvalue weighted by molar-refractivity contribution is 7.90. The van der Waals surface area contributed by atoms with Gasteiger partial charge in [-0.25, -0.2) is 14.2 Å². The van der Waals surface area contributed by atoms with Crippen molar-refractivity contribution >= 4 is 41.6 Å². The number of rotatable bonds is 9. The number of fused-ring (bicyclic) bond motifs is 1. The first-order chi connectivity index (χ1) is 18.8. The Kier molecular flexibility index (Phi) is 8.84. The van der Waals surface area contributed by atoms with E-state index in [9.17, 15) is 9.35 Å². The lowest BCUT2D eigenvalue weighted by molar-refractivity contribution is 0.0519. The van der Waals surface area contributed by atoms with Gasteiger partial charge in [-0.2, -0.15) is 0 Å². The van der Waals surface area contributed by atoms with Crippen LogP contribution in [0.4, 0.5) is 4.39 Å². The number of halogens is 1. The number of hydrogen-bond acceptors (Lipinski definition) is 7. The second-order valence-corrected chi connectivity index (χ2v) is 18.7. The number of pyridine rings is 1. The Balaban J connectivity index is 1.88. The van der Waals surface area contributed by atoms with Crippen LogP contribution in [0.5, 0.6) is 0 Å². The predicted molar refractivity (Wildman–Crippen MR) is 160 cm³/mol. The van der Waals surface area contributed by atoms with Gasteiger partial charge in [0.1, 0.15) is 22.0 Å². The second-order valence-electron chi connectivity index (χ2n) is 11.7. The first kappa shape index (κ1) is 29.9. The molecule has 0 aliphatic carbocycles. The highest BCUT2D eigenvalue weighted by Gasteiger charge is 2.34. The van der Waals surface area contributed by atoms with Gasteiger partial charge >= 0.3 is 5.97 Å². The lowest BCUT2D eigenvalue weighted by Crippen LogP contribution is -2.43. The quantitative estimate of drug-likeness (QED) is 0.145. The number of benzene rings is 2. The SMILES string of the molecule is CCOC(=O)c1cc([Si](C)(C)C)c(F)c(CC(N[S+]([O-])C(C)(C)C)c2ccccc2-c2noc3ccccc23)n1. The Morgan fingerprint density at radius 2 is 1.82 bits per heavy atom. The molecular weight excluding hydrogens is 545 g/mol. The Morgan fingerprint density at radius 3 is 2.50 bits per heavy atom. The van der Waals surface area contributed by atoms with Gasteiger partial charge in [-0.1, -0.05) is 61.2 Å². The van der Waals surface area contributed by atoms with Crippen molar-refractivity contribution in [3.8, 4) is 11.3 Å². The summed E-state index contributed by atoms with van der Waals surface area (Å²) in [5.41, 5.74) is 2.99. The third-order valence-electron chi connectivity index (χ3n) is 6.49. The molecule has 7 nitrogen and oxygen atoms in total. The number of esters is 1. The standard InChI is InChI=1S/C30H36FN3O4SSi/c1-8-37-29(35)24-18-26(40(5,6)7)27(31)23(32-24)17-22(34-39(36)30(2,3)4)19-13-9-10-14-20(19)28-21-15-11-12-16-25(21)38-33-28/h9-16,18,22,34H,8,17H2,1-7H3. The van der Waals surface area contributed by atoms with Gasteiger partial charge in [0.15, 0.2) is 5.58 Å². The molecule has 0 fully saturated rings. The Hall–Kier alpha value is -3.05. The minimum absolute atomic E-state index is 0.0468. The van der Waals surface area contributed by atoms with Crippen LogP contribution < -0.4 is 9.91 Å². The summed E-state index contributed by atoms with van der Waals surface area (Å²) in [6, 6.07) is 16.0. The molecule has 212 valence electrons. The fraction of sp³-hybridized carbons (Fsp3) is 0.367. The molecule has 4 aromatic rings. The number of carbonyl (C=O) groups excluding carboxylic acids is 1. The van der Waals surface area contributed by atoms with Crippen molar-refractivity contribution in [3.05, 3.63) is 77.4 Å². The summed E-state index contributed by atoms with van der Waals surface area (Å²) in [4.78, 5) is 17.2. The van der Waals surface area contributed by atoms with Gasteiger partial charge in [0.05, 0.1) is 26.4 Å². The summed E-state index contributed by atoms with van der Waals surface area (Å²) in [6.45, 7) is 13.5. The maximum atomic E-state index is 16.1. The fourth-order valence-electron chi connectivity index (χ4n) is 4.38. The Morgan fingerprint density at radius 1 is 1.15 bits per heavy atom. The van der Waals surface area contributed by atoms with Crippen LogP contribution in [-0.4, -0.2) is 40.1 Å². The van der Waals surface area contributed by atoms with Gasteiger partial charge in [-0.3, -0.25) is 0 Å². The van der Waals surface area contributed by atoms with Crippen LogP contribution in [0.2, 0.25) is 19.6 Å². The molecule has 4 rings (SSSR count). The fourth-order valence-corrected chi connectivity index (χ4v) is 6.58. The third-order valence-corrected chi connectivity index (χ3v) is 10.1. The van der Waals surface area contributed by atoms with Gasteiger partial charge in [-0.15, -0.1) is 4.72 Å². The maximum Gasteiger partial charge on any atom is 0.356 e. The molecule has 0 saturated heterocycles. The lowest BCUT2D eigenvalue weighted by atomic mass is 9.94. The van der Waals surface area contributed by atoms with Crippen molar-refractivity contribution in [2.24, 2.45) is 0 Å². The molecule has 0 aliphatic rings. The summed E-state index contributed by atoms with van der Waals surface area (Å²) in [5, 5.41) is 5.67. The Bertz CT molecular complexity index is 1510. The topological polar surface area (TPSA) is 100 Å². The number of para-hydroxylation sites is 1. The zero-order valence-corrected chi connectivity index (χ0v) is 25.8. The first-order valence-corrected chi connectivity index (χ1v) is 17.9. The van der Waals surface area contributed by atoms with E-state index in [2.05, 4.69) is 14.9 Å². The van der Waals surface area contributed by atoms with E-state index in [0.29, 0.717) is 16.5 Å². The number of carbonyl (C=O) groups is 1. The van der Waals surface area contributed by atoms with Crippen molar-refractivity contribution < 1.29 is 23.0 Å². The largest absolute Gasteiger partial charge is 0.598 e. The number of hydrogen-bond donors (Lipinski definition) is 1. The van der Waals surface area contributed by atoms with Gasteiger partial charge in [0.2, 0.25) is 0 Å². The molecule has 10 heteroatoms. The van der Waals surface area contributed by atoms with E-state index in [-0.39, 0.29) is 24.4 Å². The van der Waals surface area contributed by atoms with Crippen molar-refractivity contribution in [1.29, 1.82) is 0 Å². The summed E-state index contributed by atoms with van der Waals surface area (Å²) in [5.74, 6) is -1.04. The molecule has 0 aliphatic heterocycles. The van der Waals surface area contributed by atoms with Crippen molar-refractivity contribution in [3.63, 3.8) is 0 Å². The average molecular weight is 582 g/mol. The van der Waals surface area contributed by atoms with Crippen LogP contribution in [0, 0.1) is 5.82 Å². The van der Waals surface area contributed by atoms with Gasteiger partial charge in [0, 0.05) is 28.7 Å². The zero-order valence-electron chi connectivity index (χ0n) is 24.0. The van der Waals surface area contributed by atoms with Gasteiger partial charge in [-0.05, 0) is 56.6 Å². The molecule has 2 aromatic carbocycles. The maximum absolute atomic E-state index is 16.1. The highest BCUT2D eigenvalue weighted by Crippen LogP contribution is 2.35. The molecule has 2 atom stereocenters.